The van der Waals surface area contributed by atoms with Crippen LogP contribution in [0.3, 0.4) is 0 Å². The molecule has 0 amide bonds. The third-order valence-corrected chi connectivity index (χ3v) is 14.0. The highest BCUT2D eigenvalue weighted by atomic mass is 15.2. The molecular formula is C60H34N4. The Hall–Kier alpha value is -8.60. The number of rotatable bonds is 3. The first-order valence-corrected chi connectivity index (χ1v) is 22.0. The third kappa shape index (κ3) is 4.51. The number of hydrogen-bond acceptors (Lipinski definition) is 2. The van der Waals surface area contributed by atoms with Crippen LogP contribution in [-0.4, -0.2) is 19.1 Å². The SMILES string of the molecule is c1ccc2cc(-c3nc(-n4c5ccccc5c5c6cccc7c8cccc9c8c(cc8c9c9ccccc9n8-c8ccc9ccccc9c8)c(cc54)c76)nc4ccccc34)ccc2c1. The second kappa shape index (κ2) is 12.5. The van der Waals surface area contributed by atoms with Crippen LogP contribution < -0.4 is 0 Å². The normalized spacial score (nSPS) is 12.4. The monoisotopic (exact) mass is 810 g/mol. The van der Waals surface area contributed by atoms with Gasteiger partial charge in [-0.15, -0.1) is 0 Å². The fourth-order valence-corrected chi connectivity index (χ4v) is 11.3. The summed E-state index contributed by atoms with van der Waals surface area (Å²) in [6.07, 6.45) is 0. The van der Waals surface area contributed by atoms with Gasteiger partial charge in [0.15, 0.2) is 0 Å². The van der Waals surface area contributed by atoms with E-state index in [0.717, 1.165) is 38.9 Å². The predicted octanol–water partition coefficient (Wildman–Crippen LogP) is 15.8. The van der Waals surface area contributed by atoms with E-state index >= 15 is 0 Å². The quantitative estimate of drug-likeness (QED) is 0.132. The van der Waals surface area contributed by atoms with Crippen molar-refractivity contribution in [1.29, 1.82) is 0 Å². The molecule has 0 radical (unpaired) electrons. The van der Waals surface area contributed by atoms with Gasteiger partial charge >= 0.3 is 0 Å². The van der Waals surface area contributed by atoms with E-state index in [1.54, 1.807) is 0 Å². The van der Waals surface area contributed by atoms with Crippen LogP contribution in [0.1, 0.15) is 0 Å². The summed E-state index contributed by atoms with van der Waals surface area (Å²) in [6, 6.07) is 75.5. The van der Waals surface area contributed by atoms with Gasteiger partial charge in [0.25, 0.3) is 0 Å². The van der Waals surface area contributed by atoms with Gasteiger partial charge in [0.05, 0.1) is 33.3 Å². The van der Waals surface area contributed by atoms with E-state index in [2.05, 4.69) is 215 Å². The van der Waals surface area contributed by atoms with Crippen molar-refractivity contribution in [2.75, 3.05) is 0 Å². The minimum absolute atomic E-state index is 0.656. The van der Waals surface area contributed by atoms with Gasteiger partial charge in [-0.3, -0.25) is 4.57 Å². The maximum absolute atomic E-state index is 5.54. The first kappa shape index (κ1) is 34.0. The molecule has 0 aliphatic rings. The Morgan fingerprint density at radius 3 is 1.45 bits per heavy atom. The maximum Gasteiger partial charge on any atom is 0.235 e. The number of nitrogens with zero attached hydrogens (tertiary/aromatic N) is 4. The van der Waals surface area contributed by atoms with Crippen molar-refractivity contribution in [3.05, 3.63) is 206 Å². The molecule has 0 atom stereocenters. The van der Waals surface area contributed by atoms with E-state index in [1.807, 2.05) is 0 Å². The molecule has 12 aromatic carbocycles. The van der Waals surface area contributed by atoms with Crippen molar-refractivity contribution in [2.45, 2.75) is 0 Å². The maximum atomic E-state index is 5.54. The van der Waals surface area contributed by atoms with Crippen molar-refractivity contribution >= 4 is 119 Å². The predicted molar refractivity (Wildman–Crippen MR) is 270 cm³/mol. The minimum Gasteiger partial charge on any atom is -0.309 e. The lowest BCUT2D eigenvalue weighted by molar-refractivity contribution is 1.01. The van der Waals surface area contributed by atoms with Gasteiger partial charge in [0, 0.05) is 38.2 Å². The lowest BCUT2D eigenvalue weighted by Gasteiger charge is -2.17. The summed E-state index contributed by atoms with van der Waals surface area (Å²) in [5, 5.41) is 20.9. The molecule has 0 aliphatic heterocycles. The molecule has 15 aromatic rings. The molecule has 0 saturated heterocycles. The fraction of sp³-hybridized carbons (Fsp3) is 0. The molecule has 15 rings (SSSR count). The third-order valence-electron chi connectivity index (χ3n) is 14.0. The summed E-state index contributed by atoms with van der Waals surface area (Å²) in [5.41, 5.74) is 8.61. The average Bonchev–Trinajstić information content (AvgIpc) is 3.88. The van der Waals surface area contributed by atoms with Crippen LogP contribution in [0.25, 0.3) is 142 Å². The molecule has 4 nitrogen and oxygen atoms in total. The van der Waals surface area contributed by atoms with E-state index in [9.17, 15) is 0 Å². The van der Waals surface area contributed by atoms with Gasteiger partial charge in [-0.05, 0) is 113 Å². The van der Waals surface area contributed by atoms with Crippen LogP contribution in [0.4, 0.5) is 0 Å². The van der Waals surface area contributed by atoms with Gasteiger partial charge in [-0.1, -0.05) is 158 Å². The fourth-order valence-electron chi connectivity index (χ4n) is 11.3. The standard InChI is InChI=1S/C60H34N4/c1-3-15-37-31-39(28-27-35(37)13-1)59-43-17-5-8-24-50(43)61-60(62-59)64-52-26-10-7-19-45(52)58-47-23-12-21-42-41-20-11-22-46-55(41)48(49(56(42)47)34-54(58)64)33-53-57(46)44-18-6-9-25-51(44)63(53)40-30-29-36-14-2-4-16-38(36)32-40/h1-34H. The van der Waals surface area contributed by atoms with Crippen LogP contribution in [0, 0.1) is 0 Å². The zero-order chi connectivity index (χ0) is 41.6. The molecule has 0 saturated carbocycles. The van der Waals surface area contributed by atoms with E-state index in [0.29, 0.717) is 5.95 Å². The first-order chi connectivity index (χ1) is 31.7. The topological polar surface area (TPSA) is 35.6 Å². The highest BCUT2D eigenvalue weighted by molar-refractivity contribution is 6.41. The van der Waals surface area contributed by atoms with Gasteiger partial charge < -0.3 is 4.57 Å². The summed E-state index contributed by atoms with van der Waals surface area (Å²) in [4.78, 5) is 10.9. The summed E-state index contributed by atoms with van der Waals surface area (Å²) in [6.45, 7) is 0. The molecule has 3 heterocycles. The second-order valence-electron chi connectivity index (χ2n) is 17.3. The molecule has 0 spiro atoms. The molecule has 0 fully saturated rings. The molecular weight excluding hydrogens is 777 g/mol. The van der Waals surface area contributed by atoms with Crippen LogP contribution >= 0.6 is 0 Å². The van der Waals surface area contributed by atoms with Crippen LogP contribution in [0.2, 0.25) is 0 Å². The largest absolute Gasteiger partial charge is 0.309 e. The smallest absolute Gasteiger partial charge is 0.235 e. The Bertz CT molecular complexity index is 4490. The highest BCUT2D eigenvalue weighted by Crippen LogP contribution is 2.49. The van der Waals surface area contributed by atoms with E-state index in [1.165, 1.54) is 97.2 Å². The first-order valence-electron chi connectivity index (χ1n) is 22.0. The van der Waals surface area contributed by atoms with Crippen molar-refractivity contribution < 1.29 is 0 Å². The van der Waals surface area contributed by atoms with Crippen molar-refractivity contribution in [2.24, 2.45) is 0 Å². The van der Waals surface area contributed by atoms with Gasteiger partial charge in [0.1, 0.15) is 0 Å². The molecule has 3 aromatic heterocycles. The van der Waals surface area contributed by atoms with E-state index in [-0.39, 0.29) is 0 Å². The minimum atomic E-state index is 0.656. The Labute approximate surface area is 365 Å². The molecule has 0 aliphatic carbocycles. The average molecular weight is 811 g/mol. The highest BCUT2D eigenvalue weighted by Gasteiger charge is 2.24. The Balaban J connectivity index is 1.10. The van der Waals surface area contributed by atoms with Crippen molar-refractivity contribution in [3.63, 3.8) is 0 Å². The zero-order valence-electron chi connectivity index (χ0n) is 34.4. The Kier molecular flexibility index (Phi) is 6.65. The number of aromatic nitrogens is 4. The number of para-hydroxylation sites is 3. The number of benzene rings is 12. The van der Waals surface area contributed by atoms with Crippen molar-refractivity contribution in [1.82, 2.24) is 19.1 Å². The molecule has 4 heteroatoms. The van der Waals surface area contributed by atoms with Crippen molar-refractivity contribution in [3.8, 4) is 22.9 Å². The van der Waals surface area contributed by atoms with E-state index in [4.69, 9.17) is 9.97 Å². The molecule has 64 heavy (non-hydrogen) atoms. The van der Waals surface area contributed by atoms with Gasteiger partial charge in [-0.2, -0.15) is 0 Å². The van der Waals surface area contributed by atoms with Crippen LogP contribution in [-0.2, 0) is 0 Å². The molecule has 294 valence electrons. The summed E-state index contributed by atoms with van der Waals surface area (Å²) >= 11 is 0. The molecule has 0 unspecified atom stereocenters. The van der Waals surface area contributed by atoms with Crippen LogP contribution in [0.5, 0.6) is 0 Å². The molecule has 0 N–H and O–H groups in total. The van der Waals surface area contributed by atoms with Gasteiger partial charge in [-0.25, -0.2) is 9.97 Å². The lowest BCUT2D eigenvalue weighted by atomic mass is 9.87. The van der Waals surface area contributed by atoms with Crippen LogP contribution in [0.15, 0.2) is 206 Å². The molecule has 0 bridgehead atoms. The zero-order valence-corrected chi connectivity index (χ0v) is 34.4. The van der Waals surface area contributed by atoms with Gasteiger partial charge in [0.2, 0.25) is 5.95 Å². The summed E-state index contributed by atoms with van der Waals surface area (Å²) in [5.74, 6) is 0.656. The van der Waals surface area contributed by atoms with E-state index < -0.39 is 0 Å². The summed E-state index contributed by atoms with van der Waals surface area (Å²) in [7, 11) is 0. The number of hydrogen-bond donors (Lipinski definition) is 0. The second-order valence-corrected chi connectivity index (χ2v) is 17.3. The Morgan fingerprint density at radius 2 is 0.781 bits per heavy atom. The Morgan fingerprint density at radius 1 is 0.281 bits per heavy atom. The summed E-state index contributed by atoms with van der Waals surface area (Å²) < 4.78 is 4.79. The number of fused-ring (bicyclic) bond motifs is 13. The lowest BCUT2D eigenvalue weighted by Crippen LogP contribution is -2.03.